The summed E-state index contributed by atoms with van der Waals surface area (Å²) < 4.78 is 33.5. The predicted molar refractivity (Wildman–Crippen MR) is 108 cm³/mol. The number of amides is 1. The zero-order chi connectivity index (χ0) is 19.7. The van der Waals surface area contributed by atoms with Crippen LogP contribution in [0.3, 0.4) is 0 Å². The lowest BCUT2D eigenvalue weighted by Crippen LogP contribution is -2.35. The molecule has 2 aromatic heterocycles. The van der Waals surface area contributed by atoms with Crippen molar-refractivity contribution in [1.29, 1.82) is 0 Å². The van der Waals surface area contributed by atoms with Crippen molar-refractivity contribution in [3.63, 3.8) is 0 Å². The zero-order valence-corrected chi connectivity index (χ0v) is 17.0. The Labute approximate surface area is 167 Å². The molecule has 0 saturated carbocycles. The maximum absolute atomic E-state index is 12.6. The summed E-state index contributed by atoms with van der Waals surface area (Å²) in [6.45, 7) is 3.02. The van der Waals surface area contributed by atoms with E-state index in [0.29, 0.717) is 28.7 Å². The minimum Gasteiger partial charge on any atom is -0.459 e. The summed E-state index contributed by atoms with van der Waals surface area (Å²) in [7, 11) is -3.62. The standard InChI is InChI=1S/C20H20N2O4S2/c1-2-17-7-8-19(27-17)28(24,25)21-16-6-5-14-9-10-22(13-15(14)12-16)20(23)18-4-3-11-26-18/h3-8,11-12,21H,2,9-10,13H2,1H3. The molecule has 1 N–H and O–H groups in total. The highest BCUT2D eigenvalue weighted by Crippen LogP contribution is 2.27. The fourth-order valence-electron chi connectivity index (χ4n) is 3.25. The number of hydrogen-bond acceptors (Lipinski definition) is 5. The van der Waals surface area contributed by atoms with Crippen LogP contribution in [0.1, 0.15) is 33.5 Å². The Hall–Kier alpha value is -2.58. The summed E-state index contributed by atoms with van der Waals surface area (Å²) in [5.74, 6) is 0.150. The molecule has 0 fully saturated rings. The summed E-state index contributed by atoms with van der Waals surface area (Å²) in [6, 6.07) is 12.3. The maximum Gasteiger partial charge on any atom is 0.289 e. The summed E-state index contributed by atoms with van der Waals surface area (Å²) in [6.07, 6.45) is 3.00. The van der Waals surface area contributed by atoms with Gasteiger partial charge in [-0.15, -0.1) is 11.3 Å². The summed E-state index contributed by atoms with van der Waals surface area (Å²) >= 11 is 1.28. The number of aryl methyl sites for hydroxylation is 1. The zero-order valence-electron chi connectivity index (χ0n) is 15.3. The number of nitrogens with zero attached hydrogens (tertiary/aromatic N) is 1. The molecule has 3 aromatic rings. The number of anilines is 1. The number of nitrogens with one attached hydrogen (secondary N) is 1. The molecule has 3 heterocycles. The Morgan fingerprint density at radius 3 is 2.79 bits per heavy atom. The number of thiophene rings is 1. The van der Waals surface area contributed by atoms with Crippen LogP contribution in [0.5, 0.6) is 0 Å². The van der Waals surface area contributed by atoms with E-state index in [1.165, 1.54) is 17.6 Å². The van der Waals surface area contributed by atoms with Crippen LogP contribution in [0.25, 0.3) is 0 Å². The normalized spacial score (nSPS) is 14.0. The number of carbonyl (C=O) groups is 1. The third-order valence-electron chi connectivity index (χ3n) is 4.74. The van der Waals surface area contributed by atoms with Crippen molar-refractivity contribution in [3.05, 3.63) is 70.5 Å². The van der Waals surface area contributed by atoms with Gasteiger partial charge in [-0.25, -0.2) is 8.42 Å². The van der Waals surface area contributed by atoms with Crippen LogP contribution in [0.4, 0.5) is 5.69 Å². The van der Waals surface area contributed by atoms with Gasteiger partial charge in [0, 0.05) is 23.7 Å². The monoisotopic (exact) mass is 416 g/mol. The van der Waals surface area contributed by atoms with Gasteiger partial charge in [0.15, 0.2) is 5.76 Å². The number of rotatable bonds is 5. The Bertz CT molecular complexity index is 1100. The fraction of sp³-hybridized carbons (Fsp3) is 0.250. The van der Waals surface area contributed by atoms with E-state index in [1.807, 2.05) is 25.1 Å². The number of furan rings is 1. The second-order valence-electron chi connectivity index (χ2n) is 6.62. The van der Waals surface area contributed by atoms with Gasteiger partial charge in [0.2, 0.25) is 0 Å². The largest absolute Gasteiger partial charge is 0.459 e. The average molecular weight is 417 g/mol. The number of sulfonamides is 1. The molecule has 0 unspecified atom stereocenters. The van der Waals surface area contributed by atoms with Crippen molar-refractivity contribution in [2.24, 2.45) is 0 Å². The molecule has 146 valence electrons. The van der Waals surface area contributed by atoms with Gasteiger partial charge in [-0.2, -0.15) is 0 Å². The van der Waals surface area contributed by atoms with Gasteiger partial charge in [-0.1, -0.05) is 13.0 Å². The molecule has 4 rings (SSSR count). The Balaban J connectivity index is 1.54. The molecule has 1 amide bonds. The minimum atomic E-state index is -3.62. The van der Waals surface area contributed by atoms with E-state index in [0.717, 1.165) is 28.8 Å². The molecule has 6 nitrogen and oxygen atoms in total. The van der Waals surface area contributed by atoms with Gasteiger partial charge in [-0.3, -0.25) is 9.52 Å². The van der Waals surface area contributed by atoms with Crippen molar-refractivity contribution in [2.75, 3.05) is 11.3 Å². The molecule has 0 bridgehead atoms. The lowest BCUT2D eigenvalue weighted by molar-refractivity contribution is 0.0702. The molecule has 1 aliphatic heterocycles. The van der Waals surface area contributed by atoms with Crippen LogP contribution < -0.4 is 4.72 Å². The van der Waals surface area contributed by atoms with Crippen LogP contribution >= 0.6 is 11.3 Å². The fourth-order valence-corrected chi connectivity index (χ4v) is 5.59. The molecular weight excluding hydrogens is 396 g/mol. The molecule has 8 heteroatoms. The van der Waals surface area contributed by atoms with Crippen LogP contribution in [0, 0.1) is 0 Å². The van der Waals surface area contributed by atoms with E-state index < -0.39 is 10.0 Å². The van der Waals surface area contributed by atoms with E-state index in [9.17, 15) is 13.2 Å². The van der Waals surface area contributed by atoms with Crippen LogP contribution in [0.2, 0.25) is 0 Å². The highest BCUT2D eigenvalue weighted by atomic mass is 32.2. The molecule has 1 aliphatic rings. The first-order valence-electron chi connectivity index (χ1n) is 9.02. The number of benzene rings is 1. The van der Waals surface area contributed by atoms with Crippen molar-refractivity contribution in [3.8, 4) is 0 Å². The van der Waals surface area contributed by atoms with Gasteiger partial charge in [0.25, 0.3) is 15.9 Å². The lowest BCUT2D eigenvalue weighted by atomic mass is 9.99. The van der Waals surface area contributed by atoms with E-state index in [4.69, 9.17) is 4.42 Å². The Kier molecular flexibility index (Phi) is 4.99. The molecule has 0 atom stereocenters. The van der Waals surface area contributed by atoms with E-state index >= 15 is 0 Å². The highest BCUT2D eigenvalue weighted by Gasteiger charge is 2.24. The molecule has 28 heavy (non-hydrogen) atoms. The van der Waals surface area contributed by atoms with Gasteiger partial charge in [0.1, 0.15) is 4.21 Å². The van der Waals surface area contributed by atoms with Gasteiger partial charge in [0.05, 0.1) is 6.26 Å². The smallest absolute Gasteiger partial charge is 0.289 e. The molecule has 0 spiro atoms. The molecule has 0 radical (unpaired) electrons. The van der Waals surface area contributed by atoms with Crippen molar-refractivity contribution < 1.29 is 17.6 Å². The Morgan fingerprint density at radius 1 is 1.21 bits per heavy atom. The third-order valence-corrected chi connectivity index (χ3v) is 7.84. The quantitative estimate of drug-likeness (QED) is 0.684. The van der Waals surface area contributed by atoms with E-state index in [2.05, 4.69) is 4.72 Å². The number of hydrogen-bond donors (Lipinski definition) is 1. The summed E-state index contributed by atoms with van der Waals surface area (Å²) in [5.41, 5.74) is 2.56. The van der Waals surface area contributed by atoms with Crippen molar-refractivity contribution in [2.45, 2.75) is 30.5 Å². The second kappa shape index (κ2) is 7.44. The highest BCUT2D eigenvalue weighted by molar-refractivity contribution is 7.94. The first-order valence-corrected chi connectivity index (χ1v) is 11.3. The maximum atomic E-state index is 12.6. The van der Waals surface area contributed by atoms with Crippen LogP contribution in [-0.2, 0) is 29.4 Å². The van der Waals surface area contributed by atoms with Crippen LogP contribution in [-0.4, -0.2) is 25.8 Å². The third kappa shape index (κ3) is 3.70. The van der Waals surface area contributed by atoms with Crippen molar-refractivity contribution >= 4 is 33.0 Å². The summed E-state index contributed by atoms with van der Waals surface area (Å²) in [5, 5.41) is 0. The van der Waals surface area contributed by atoms with Gasteiger partial charge in [-0.05, 0) is 60.4 Å². The molecule has 0 aliphatic carbocycles. The van der Waals surface area contributed by atoms with E-state index in [1.54, 1.807) is 29.2 Å². The van der Waals surface area contributed by atoms with E-state index in [-0.39, 0.29) is 5.91 Å². The van der Waals surface area contributed by atoms with Crippen molar-refractivity contribution in [1.82, 2.24) is 4.90 Å². The molecule has 1 aromatic carbocycles. The average Bonchev–Trinajstić information content (AvgIpc) is 3.38. The van der Waals surface area contributed by atoms with Gasteiger partial charge < -0.3 is 9.32 Å². The first kappa shape index (κ1) is 18.8. The van der Waals surface area contributed by atoms with Crippen LogP contribution in [0.15, 0.2) is 57.4 Å². The first-order chi connectivity index (χ1) is 13.5. The second-order valence-corrected chi connectivity index (χ2v) is 9.69. The lowest BCUT2D eigenvalue weighted by Gasteiger charge is -2.28. The molecular formula is C20H20N2O4S2. The minimum absolute atomic E-state index is 0.160. The SMILES string of the molecule is CCc1ccc(S(=O)(=O)Nc2ccc3c(c2)CN(C(=O)c2ccco2)CC3)s1. The number of carbonyl (C=O) groups excluding carboxylic acids is 1. The predicted octanol–water partition coefficient (Wildman–Crippen LogP) is 3.90. The Morgan fingerprint density at radius 2 is 2.07 bits per heavy atom. The number of fused-ring (bicyclic) bond motifs is 1. The van der Waals surface area contributed by atoms with Gasteiger partial charge >= 0.3 is 0 Å². The summed E-state index contributed by atoms with van der Waals surface area (Å²) in [4.78, 5) is 15.3. The molecule has 0 saturated heterocycles. The topological polar surface area (TPSA) is 79.6 Å².